The van der Waals surface area contributed by atoms with Gasteiger partial charge in [0.2, 0.25) is 5.78 Å². The highest BCUT2D eigenvalue weighted by molar-refractivity contribution is 6.07. The maximum Gasteiger partial charge on any atom is 0.306 e. The zero-order valence-electron chi connectivity index (χ0n) is 40.7. The topological polar surface area (TPSA) is 117 Å². The Bertz CT molecular complexity index is 1080. The summed E-state index contributed by atoms with van der Waals surface area (Å²) in [7, 11) is 1.71. The van der Waals surface area contributed by atoms with Crippen LogP contribution in [-0.4, -0.2) is 79.3 Å². The molecule has 1 unspecified atom stereocenters. The van der Waals surface area contributed by atoms with Gasteiger partial charge in [0.15, 0.2) is 6.10 Å². The first-order chi connectivity index (χ1) is 29.8. The van der Waals surface area contributed by atoms with Crippen molar-refractivity contribution in [2.24, 2.45) is 0 Å². The molecule has 0 aromatic rings. The molecule has 9 heteroatoms. The highest BCUT2D eigenvalue weighted by atomic mass is 16.5. The molecule has 0 aromatic heterocycles. The number of aliphatic hydroxyl groups excluding tert-OH is 1. The minimum Gasteiger partial charge on any atom is -0.462 e. The van der Waals surface area contributed by atoms with Crippen LogP contribution in [0.5, 0.6) is 0 Å². The molecular weight excluding hydrogens is 763 g/mol. The molecule has 0 radical (unpaired) electrons. The van der Waals surface area contributed by atoms with Gasteiger partial charge in [0.25, 0.3) is 0 Å². The van der Waals surface area contributed by atoms with Crippen molar-refractivity contribution in [3.63, 3.8) is 0 Å². The Morgan fingerprint density at radius 1 is 0.541 bits per heavy atom. The van der Waals surface area contributed by atoms with Crippen molar-refractivity contribution in [1.82, 2.24) is 15.5 Å². The lowest BCUT2D eigenvalue weighted by molar-refractivity contribution is -0.150. The molecule has 3 N–H and O–H groups in total. The molecule has 61 heavy (non-hydrogen) atoms. The molecule has 0 heterocycles. The van der Waals surface area contributed by atoms with Crippen molar-refractivity contribution in [1.29, 1.82) is 0 Å². The lowest BCUT2D eigenvalue weighted by atomic mass is 9.95. The molecule has 0 fully saturated rings. The molecule has 2 atom stereocenters. The van der Waals surface area contributed by atoms with Gasteiger partial charge < -0.3 is 30.1 Å². The van der Waals surface area contributed by atoms with Crippen molar-refractivity contribution in [2.45, 2.75) is 271 Å². The van der Waals surface area contributed by atoms with E-state index in [0.717, 1.165) is 122 Å². The van der Waals surface area contributed by atoms with Crippen LogP contribution in [0, 0.1) is 0 Å². The summed E-state index contributed by atoms with van der Waals surface area (Å²) in [5.41, 5.74) is 1.10. The summed E-state index contributed by atoms with van der Waals surface area (Å²) in [6.45, 7) is 12.7. The van der Waals surface area contributed by atoms with Crippen LogP contribution in [0.4, 0.5) is 0 Å². The lowest BCUT2D eigenvalue weighted by Gasteiger charge is -2.29. The van der Waals surface area contributed by atoms with Crippen LogP contribution in [0.1, 0.15) is 252 Å². The number of Topliss-reactive ketones (excluding diaryl/α,β-unsaturated/α-hetero) is 1. The average Bonchev–Trinajstić information content (AvgIpc) is 3.26. The molecule has 1 aliphatic rings. The molecule has 1 aliphatic carbocycles. The van der Waals surface area contributed by atoms with Crippen LogP contribution in [0.15, 0.2) is 11.4 Å². The molecule has 358 valence electrons. The average molecular weight is 862 g/mol. The Labute approximate surface area is 376 Å². The zero-order chi connectivity index (χ0) is 44.6. The Balaban J connectivity index is 2.40. The summed E-state index contributed by atoms with van der Waals surface area (Å²) >= 11 is 0. The quantitative estimate of drug-likeness (QED) is 0.0406. The summed E-state index contributed by atoms with van der Waals surface area (Å²) in [5.74, 6) is -0.271. The van der Waals surface area contributed by atoms with E-state index in [-0.39, 0.29) is 29.9 Å². The van der Waals surface area contributed by atoms with Crippen LogP contribution in [0.25, 0.3) is 0 Å². The molecule has 0 aliphatic heterocycles. The molecule has 0 aromatic carbocycles. The Hall–Kier alpha value is -2.13. The largest absolute Gasteiger partial charge is 0.462 e. The van der Waals surface area contributed by atoms with E-state index < -0.39 is 6.10 Å². The van der Waals surface area contributed by atoms with E-state index in [1.165, 1.54) is 109 Å². The van der Waals surface area contributed by atoms with Gasteiger partial charge in [-0.2, -0.15) is 0 Å². The third-order valence-electron chi connectivity index (χ3n) is 12.7. The Morgan fingerprint density at radius 3 is 1.36 bits per heavy atom. The van der Waals surface area contributed by atoms with Crippen molar-refractivity contribution in [3.05, 3.63) is 11.4 Å². The SMILES string of the molecule is CCCCCCCCC(CCCCCCCC)OC(=O)CCCCCCCN(CCCCCCCC(=O)O[C@H](CC)CCCCCCCC)CCCNC1=C(NC)C(=O)C1O. The summed E-state index contributed by atoms with van der Waals surface area (Å²) < 4.78 is 11.9. The standard InChI is InChI=1S/C52H99N3O6/c1-6-10-13-16-21-28-36-45(9-4)60-47(56)39-31-24-19-26-33-42-55(44-35-41-54-50-49(53-5)51(58)52(50)59)43-34-27-20-25-32-40-48(57)61-46(37-29-22-17-14-11-7-2)38-30-23-18-15-12-8-3/h45-46,52-54,59H,6-44H2,1-5H3/t45-,52?/m1/s1. The van der Waals surface area contributed by atoms with Gasteiger partial charge in [0, 0.05) is 26.4 Å². The van der Waals surface area contributed by atoms with Crippen molar-refractivity contribution in [2.75, 3.05) is 33.2 Å². The third kappa shape index (κ3) is 30.6. The van der Waals surface area contributed by atoms with E-state index in [2.05, 4.69) is 43.2 Å². The normalized spacial score (nSPS) is 14.5. The number of carbonyl (C=O) groups excluding carboxylic acids is 3. The highest BCUT2D eigenvalue weighted by Gasteiger charge is 2.37. The van der Waals surface area contributed by atoms with Crippen molar-refractivity contribution < 1.29 is 29.0 Å². The molecule has 9 nitrogen and oxygen atoms in total. The number of unbranched alkanes of at least 4 members (excludes halogenated alkanes) is 23. The van der Waals surface area contributed by atoms with Gasteiger partial charge in [-0.3, -0.25) is 14.4 Å². The van der Waals surface area contributed by atoms with Crippen LogP contribution in [0.3, 0.4) is 0 Å². The first kappa shape index (κ1) is 56.9. The first-order valence-corrected chi connectivity index (χ1v) is 26.3. The van der Waals surface area contributed by atoms with Gasteiger partial charge in [-0.15, -0.1) is 0 Å². The smallest absolute Gasteiger partial charge is 0.306 e. The van der Waals surface area contributed by atoms with Gasteiger partial charge in [-0.05, 0) is 96.7 Å². The van der Waals surface area contributed by atoms with E-state index >= 15 is 0 Å². The molecule has 0 spiro atoms. The number of ether oxygens (including phenoxy) is 2. The van der Waals surface area contributed by atoms with Gasteiger partial charge >= 0.3 is 11.9 Å². The Kier molecular flexibility index (Phi) is 37.9. The number of carbonyl (C=O) groups is 3. The first-order valence-electron chi connectivity index (χ1n) is 26.3. The number of hydrogen-bond acceptors (Lipinski definition) is 9. The van der Waals surface area contributed by atoms with Gasteiger partial charge in [0.05, 0.1) is 5.70 Å². The minimum absolute atomic E-state index is 0.00186. The fourth-order valence-electron chi connectivity index (χ4n) is 8.59. The van der Waals surface area contributed by atoms with Crippen LogP contribution >= 0.6 is 0 Å². The zero-order valence-corrected chi connectivity index (χ0v) is 40.7. The van der Waals surface area contributed by atoms with E-state index in [4.69, 9.17) is 9.47 Å². The minimum atomic E-state index is -1.03. The fourth-order valence-corrected chi connectivity index (χ4v) is 8.59. The molecule has 0 bridgehead atoms. The molecule has 0 saturated heterocycles. The van der Waals surface area contributed by atoms with Crippen LogP contribution in [-0.2, 0) is 23.9 Å². The predicted octanol–water partition coefficient (Wildman–Crippen LogP) is 12.8. The number of aliphatic hydroxyl groups is 1. The number of rotatable bonds is 46. The molecular formula is C52H99N3O6. The fraction of sp³-hybridized carbons (Fsp3) is 0.904. The summed E-state index contributed by atoms with van der Waals surface area (Å²) in [6, 6.07) is 0. The monoisotopic (exact) mass is 862 g/mol. The lowest BCUT2D eigenvalue weighted by Crippen LogP contribution is -2.47. The van der Waals surface area contributed by atoms with Crippen molar-refractivity contribution >= 4 is 17.7 Å². The van der Waals surface area contributed by atoms with Crippen molar-refractivity contribution in [3.8, 4) is 0 Å². The molecule has 0 amide bonds. The summed E-state index contributed by atoms with van der Waals surface area (Å²) in [5, 5.41) is 16.2. The van der Waals surface area contributed by atoms with E-state index in [1.807, 2.05) is 0 Å². The van der Waals surface area contributed by atoms with E-state index in [1.54, 1.807) is 7.05 Å². The van der Waals surface area contributed by atoms with Crippen LogP contribution < -0.4 is 10.6 Å². The maximum absolute atomic E-state index is 12.9. The number of esters is 2. The van der Waals surface area contributed by atoms with Gasteiger partial charge in [-0.1, -0.05) is 163 Å². The third-order valence-corrected chi connectivity index (χ3v) is 12.7. The second-order valence-corrected chi connectivity index (χ2v) is 18.3. The number of hydrogen-bond donors (Lipinski definition) is 3. The van der Waals surface area contributed by atoms with Gasteiger partial charge in [-0.25, -0.2) is 0 Å². The second kappa shape index (κ2) is 40.6. The molecule has 1 rings (SSSR count). The summed E-state index contributed by atoms with van der Waals surface area (Å²) in [6.07, 6.45) is 38.7. The maximum atomic E-state index is 12.9. The van der Waals surface area contributed by atoms with E-state index in [9.17, 15) is 19.5 Å². The predicted molar refractivity (Wildman–Crippen MR) is 256 cm³/mol. The summed E-state index contributed by atoms with van der Waals surface area (Å²) in [4.78, 5) is 39.8. The number of likely N-dealkylation sites (N-methyl/N-ethyl adjacent to an activating group) is 1. The second-order valence-electron chi connectivity index (χ2n) is 18.3. The molecule has 0 saturated carbocycles. The Morgan fingerprint density at radius 2 is 0.918 bits per heavy atom. The number of nitrogens with zero attached hydrogens (tertiary/aromatic N) is 1. The highest BCUT2D eigenvalue weighted by Crippen LogP contribution is 2.21. The number of ketones is 1. The number of nitrogens with one attached hydrogen (secondary N) is 2. The van der Waals surface area contributed by atoms with E-state index in [0.29, 0.717) is 30.8 Å². The van der Waals surface area contributed by atoms with Crippen LogP contribution in [0.2, 0.25) is 0 Å². The van der Waals surface area contributed by atoms with Gasteiger partial charge in [0.1, 0.15) is 17.9 Å².